The number of benzene rings is 8. The molecule has 2 heterocycles. The number of hydrogen-bond acceptors (Lipinski definition) is 4. The molecule has 0 amide bonds. The molecule has 0 aliphatic rings. The van der Waals surface area contributed by atoms with Crippen LogP contribution in [0.3, 0.4) is 0 Å². The fraction of sp³-hybridized carbons (Fsp3) is 0. The van der Waals surface area contributed by atoms with Crippen LogP contribution in [0.2, 0.25) is 0 Å². The summed E-state index contributed by atoms with van der Waals surface area (Å²) in [5.41, 5.74) is 8.37. The molecule has 53 heavy (non-hydrogen) atoms. The smallest absolute Gasteiger partial charge is 0.164 e. The van der Waals surface area contributed by atoms with Gasteiger partial charge in [-0.25, -0.2) is 15.0 Å². The first-order valence-electron chi connectivity index (χ1n) is 17.7. The molecule has 0 bridgehead atoms. The van der Waals surface area contributed by atoms with Crippen LogP contribution in [-0.2, 0) is 0 Å². The van der Waals surface area contributed by atoms with Gasteiger partial charge in [0.05, 0.1) is 0 Å². The molecule has 10 aromatic rings. The number of rotatable bonds is 7. The molecule has 4 nitrogen and oxygen atoms in total. The fourth-order valence-electron chi connectivity index (χ4n) is 7.77. The SMILES string of the molecule is C=C/C=C(\C=C)c1nc(-c2ccccc2)nc(-c2ccc3c(oc4ccccc43)c2-c2ccc(-c3ccc4ccc5cccc6ccc3c4c56)cc2)n1. The first-order valence-corrected chi connectivity index (χ1v) is 17.7. The van der Waals surface area contributed by atoms with Gasteiger partial charge in [0.15, 0.2) is 17.5 Å². The molecule has 0 aliphatic heterocycles. The first kappa shape index (κ1) is 30.6. The first-order chi connectivity index (χ1) is 26.2. The Morgan fingerprint density at radius 3 is 1.94 bits per heavy atom. The zero-order chi connectivity index (χ0) is 35.5. The van der Waals surface area contributed by atoms with E-state index in [9.17, 15) is 0 Å². The summed E-state index contributed by atoms with van der Waals surface area (Å²) in [6, 6.07) is 51.1. The van der Waals surface area contributed by atoms with E-state index >= 15 is 0 Å². The molecule has 10 rings (SSSR count). The minimum Gasteiger partial charge on any atom is -0.455 e. The summed E-state index contributed by atoms with van der Waals surface area (Å²) in [4.78, 5) is 15.0. The second kappa shape index (κ2) is 12.3. The van der Waals surface area contributed by atoms with E-state index in [1.807, 2.05) is 54.6 Å². The predicted molar refractivity (Wildman–Crippen MR) is 221 cm³/mol. The van der Waals surface area contributed by atoms with Crippen LogP contribution in [-0.4, -0.2) is 15.0 Å². The molecule has 248 valence electrons. The van der Waals surface area contributed by atoms with Gasteiger partial charge in [-0.2, -0.15) is 0 Å². The van der Waals surface area contributed by atoms with E-state index in [0.29, 0.717) is 17.5 Å². The van der Waals surface area contributed by atoms with Gasteiger partial charge in [-0.15, -0.1) is 0 Å². The van der Waals surface area contributed by atoms with Gasteiger partial charge >= 0.3 is 0 Å². The molecule has 0 aliphatic carbocycles. The van der Waals surface area contributed by atoms with Gasteiger partial charge in [0.2, 0.25) is 0 Å². The summed E-state index contributed by atoms with van der Waals surface area (Å²) >= 11 is 0. The number of nitrogens with zero attached hydrogens (tertiary/aromatic N) is 3. The molecule has 0 spiro atoms. The number of furan rings is 1. The number of allylic oxidation sites excluding steroid dienone is 4. The quantitative estimate of drug-likeness (QED) is 0.124. The van der Waals surface area contributed by atoms with Gasteiger partial charge in [-0.3, -0.25) is 0 Å². The van der Waals surface area contributed by atoms with Crippen molar-refractivity contribution < 1.29 is 4.42 Å². The van der Waals surface area contributed by atoms with E-state index in [0.717, 1.165) is 55.3 Å². The zero-order valence-electron chi connectivity index (χ0n) is 28.8. The van der Waals surface area contributed by atoms with Crippen molar-refractivity contribution in [2.24, 2.45) is 0 Å². The van der Waals surface area contributed by atoms with Crippen LogP contribution >= 0.6 is 0 Å². The molecular weight excluding hydrogens is 647 g/mol. The van der Waals surface area contributed by atoms with Gasteiger partial charge < -0.3 is 4.42 Å². The van der Waals surface area contributed by atoms with Crippen molar-refractivity contribution in [3.8, 4) is 45.0 Å². The third kappa shape index (κ3) is 4.95. The lowest BCUT2D eigenvalue weighted by Crippen LogP contribution is -2.03. The van der Waals surface area contributed by atoms with Gasteiger partial charge in [-0.05, 0) is 67.2 Å². The Bertz CT molecular complexity index is 3060. The van der Waals surface area contributed by atoms with Crippen molar-refractivity contribution in [2.45, 2.75) is 0 Å². The Morgan fingerprint density at radius 2 is 1.15 bits per heavy atom. The summed E-state index contributed by atoms with van der Waals surface area (Å²) in [6.07, 6.45) is 5.33. The van der Waals surface area contributed by atoms with Crippen molar-refractivity contribution >= 4 is 59.8 Å². The Morgan fingerprint density at radius 1 is 0.491 bits per heavy atom. The molecule has 0 unspecified atom stereocenters. The maximum Gasteiger partial charge on any atom is 0.164 e. The highest BCUT2D eigenvalue weighted by atomic mass is 16.3. The second-order valence-electron chi connectivity index (χ2n) is 13.2. The average molecular weight is 678 g/mol. The van der Waals surface area contributed by atoms with E-state index in [2.05, 4.69) is 110 Å². The van der Waals surface area contributed by atoms with Gasteiger partial charge in [0, 0.05) is 33.0 Å². The summed E-state index contributed by atoms with van der Waals surface area (Å²) in [7, 11) is 0. The topological polar surface area (TPSA) is 51.8 Å². The van der Waals surface area contributed by atoms with E-state index in [-0.39, 0.29) is 0 Å². The third-order valence-electron chi connectivity index (χ3n) is 10.2. The van der Waals surface area contributed by atoms with Crippen LogP contribution in [0.15, 0.2) is 181 Å². The van der Waals surface area contributed by atoms with Gasteiger partial charge in [-0.1, -0.05) is 159 Å². The van der Waals surface area contributed by atoms with Crippen LogP contribution in [0, 0.1) is 0 Å². The summed E-state index contributed by atoms with van der Waals surface area (Å²) in [5.74, 6) is 1.63. The lowest BCUT2D eigenvalue weighted by molar-refractivity contribution is 0.670. The predicted octanol–water partition coefficient (Wildman–Crippen LogP) is 13.1. The highest BCUT2D eigenvalue weighted by molar-refractivity contribution is 6.25. The Hall–Kier alpha value is -7.17. The number of hydrogen-bond donors (Lipinski definition) is 0. The number of fused-ring (bicyclic) bond motifs is 3. The van der Waals surface area contributed by atoms with Crippen LogP contribution in [0.25, 0.3) is 105 Å². The summed E-state index contributed by atoms with van der Waals surface area (Å²) in [5, 5.41) is 9.73. The summed E-state index contributed by atoms with van der Waals surface area (Å²) < 4.78 is 6.68. The molecule has 0 saturated heterocycles. The lowest BCUT2D eigenvalue weighted by atomic mass is 9.89. The molecule has 0 atom stereocenters. The van der Waals surface area contributed by atoms with Crippen molar-refractivity contribution in [3.05, 3.63) is 183 Å². The summed E-state index contributed by atoms with van der Waals surface area (Å²) in [6.45, 7) is 7.94. The molecule has 4 heteroatoms. The molecule has 0 saturated carbocycles. The second-order valence-corrected chi connectivity index (χ2v) is 13.2. The Balaban J connectivity index is 1.19. The van der Waals surface area contributed by atoms with E-state index in [1.165, 1.54) is 37.9 Å². The Kier molecular flexibility index (Phi) is 7.08. The third-order valence-corrected chi connectivity index (χ3v) is 10.2. The van der Waals surface area contributed by atoms with Crippen LogP contribution in [0.5, 0.6) is 0 Å². The molecule has 0 radical (unpaired) electrons. The zero-order valence-corrected chi connectivity index (χ0v) is 28.8. The maximum atomic E-state index is 6.68. The van der Waals surface area contributed by atoms with Crippen molar-refractivity contribution in [3.63, 3.8) is 0 Å². The van der Waals surface area contributed by atoms with Crippen molar-refractivity contribution in [2.75, 3.05) is 0 Å². The molecule has 2 aromatic heterocycles. The van der Waals surface area contributed by atoms with Crippen molar-refractivity contribution in [1.29, 1.82) is 0 Å². The molecular formula is C49H31N3O. The van der Waals surface area contributed by atoms with E-state index < -0.39 is 0 Å². The lowest BCUT2D eigenvalue weighted by Gasteiger charge is -2.15. The fourth-order valence-corrected chi connectivity index (χ4v) is 7.77. The minimum absolute atomic E-state index is 0.517. The van der Waals surface area contributed by atoms with Gasteiger partial charge in [0.25, 0.3) is 0 Å². The molecule has 8 aromatic carbocycles. The van der Waals surface area contributed by atoms with Gasteiger partial charge in [0.1, 0.15) is 11.2 Å². The Labute approximate surface area is 306 Å². The van der Waals surface area contributed by atoms with Crippen molar-refractivity contribution in [1.82, 2.24) is 15.0 Å². The van der Waals surface area contributed by atoms with Crippen LogP contribution in [0.1, 0.15) is 5.82 Å². The number of para-hydroxylation sites is 1. The highest BCUT2D eigenvalue weighted by Gasteiger charge is 2.22. The average Bonchev–Trinajstić information content (AvgIpc) is 3.60. The number of aromatic nitrogens is 3. The molecule has 0 fully saturated rings. The standard InChI is InChI=1S/C49H31N3O/c1-3-11-30(4-2)47-50-48(36-12-6-5-7-13-36)52-49(51-47)41-29-28-40-38-16-8-9-17-42(38)53-46(40)45(41)35-20-18-31(19-21-35)37-26-24-34-23-22-32-14-10-15-33-25-27-39(37)44(34)43(32)33/h3-29H,1-2H2/b30-11+. The van der Waals surface area contributed by atoms with Crippen LogP contribution < -0.4 is 0 Å². The normalized spacial score (nSPS) is 12.0. The van der Waals surface area contributed by atoms with Crippen LogP contribution in [0.4, 0.5) is 0 Å². The largest absolute Gasteiger partial charge is 0.455 e. The monoisotopic (exact) mass is 677 g/mol. The highest BCUT2D eigenvalue weighted by Crippen LogP contribution is 2.43. The minimum atomic E-state index is 0.517. The maximum absolute atomic E-state index is 6.68. The van der Waals surface area contributed by atoms with E-state index in [1.54, 1.807) is 12.2 Å². The van der Waals surface area contributed by atoms with E-state index in [4.69, 9.17) is 19.4 Å². The molecule has 0 N–H and O–H groups in total.